The molecule has 0 spiro atoms. The summed E-state index contributed by atoms with van der Waals surface area (Å²) in [5, 5.41) is 31.5. The smallest absolute Gasteiger partial charge is 0.335 e. The number of ether oxygens (including phenoxy) is 5. The number of aliphatic hydroxyl groups excluding tert-OH is 2. The minimum Gasteiger partial charge on any atom is -0.479 e. The molecular formula is C67H108O12. The van der Waals surface area contributed by atoms with E-state index in [-0.39, 0.29) is 25.9 Å². The molecule has 6 atom stereocenters. The van der Waals surface area contributed by atoms with Crippen LogP contribution in [0, 0.1) is 0 Å². The highest BCUT2D eigenvalue weighted by Gasteiger charge is 2.50. The van der Waals surface area contributed by atoms with Gasteiger partial charge in [0.25, 0.3) is 0 Å². The van der Waals surface area contributed by atoms with Crippen LogP contribution in [-0.4, -0.2) is 89.2 Å². The van der Waals surface area contributed by atoms with Crippen LogP contribution in [-0.2, 0) is 42.9 Å². The van der Waals surface area contributed by atoms with E-state index in [0.717, 1.165) is 116 Å². The number of esters is 3. The standard InChI is InChI=1S/C67H108O12/c1-4-7-10-13-16-19-22-25-27-29-30-32-34-37-40-43-46-49-52-55-61(70)78-65-63(72)62(71)64(66(73)74)79-67(65)76-57-58(77-60(69)54-51-48-45-42-39-35-24-21-18-15-12-9-6-3)56-75-59(68)53-50-47-44-41-38-36-33-31-28-26-23-20-17-14-11-8-5-2/h9,12,16-21,25-28,30,32,35,39,45,48,58,62-65,67,71-72H,4-8,10-11,13-15,22-24,29,31,33-34,36-38,40-44,46-47,49-57H2,1-3H3,(H,73,74)/b12-9-,19-16-,20-17-,21-18-,27-25-,28-26-,32-30-,39-35-,48-45-. The van der Waals surface area contributed by atoms with Crippen molar-refractivity contribution in [2.75, 3.05) is 13.2 Å². The van der Waals surface area contributed by atoms with Crippen LogP contribution in [0.1, 0.15) is 239 Å². The van der Waals surface area contributed by atoms with E-state index in [2.05, 4.69) is 118 Å². The predicted molar refractivity (Wildman–Crippen MR) is 321 cm³/mol. The molecule has 0 saturated carbocycles. The summed E-state index contributed by atoms with van der Waals surface area (Å²) in [5.74, 6) is -3.27. The molecule has 12 heteroatoms. The molecule has 0 radical (unpaired) electrons. The third kappa shape index (κ3) is 43.8. The van der Waals surface area contributed by atoms with Gasteiger partial charge in [0.1, 0.15) is 18.8 Å². The predicted octanol–water partition coefficient (Wildman–Crippen LogP) is 16.2. The normalized spacial score (nSPS) is 18.6. The monoisotopic (exact) mass is 1100 g/mol. The van der Waals surface area contributed by atoms with Crippen LogP contribution in [0.25, 0.3) is 0 Å². The molecule has 1 fully saturated rings. The maximum Gasteiger partial charge on any atom is 0.335 e. The Balaban J connectivity index is 2.71. The molecular weight excluding hydrogens is 997 g/mol. The van der Waals surface area contributed by atoms with Crippen molar-refractivity contribution in [3.05, 3.63) is 109 Å². The van der Waals surface area contributed by atoms with E-state index in [1.54, 1.807) is 0 Å². The SMILES string of the molecule is CC/C=C\C/C=C\C/C=C\C/C=C\CCC(=O)OC(COC(=O)CCCCCCCCC/C=C\C/C=C\CCCCC)COC1OC(C(=O)O)C(O)C(O)C1OC(=O)CCCCCCCC/C=C\C/C=C\C/C=C\CCCCC. The average Bonchev–Trinajstić information content (AvgIpc) is 3.43. The topological polar surface area (TPSA) is 175 Å². The van der Waals surface area contributed by atoms with Crippen LogP contribution in [0.2, 0.25) is 0 Å². The van der Waals surface area contributed by atoms with Crippen molar-refractivity contribution in [1.29, 1.82) is 0 Å². The molecule has 0 aromatic rings. The first kappa shape index (κ1) is 72.4. The van der Waals surface area contributed by atoms with Gasteiger partial charge in [0.2, 0.25) is 0 Å². The molecule has 0 aromatic heterocycles. The highest BCUT2D eigenvalue weighted by Crippen LogP contribution is 2.26. The maximum atomic E-state index is 13.1. The molecule has 0 bridgehead atoms. The summed E-state index contributed by atoms with van der Waals surface area (Å²) in [4.78, 5) is 51.2. The fourth-order valence-corrected chi connectivity index (χ4v) is 8.59. The van der Waals surface area contributed by atoms with Gasteiger partial charge in [0.05, 0.1) is 6.61 Å². The van der Waals surface area contributed by atoms with Gasteiger partial charge in [-0.1, -0.05) is 214 Å². The number of hydrogen-bond donors (Lipinski definition) is 3. The van der Waals surface area contributed by atoms with Crippen LogP contribution in [0.3, 0.4) is 0 Å². The largest absolute Gasteiger partial charge is 0.479 e. The van der Waals surface area contributed by atoms with Gasteiger partial charge in [0, 0.05) is 19.3 Å². The first-order valence-corrected chi connectivity index (χ1v) is 30.9. The Kier molecular flexibility index (Phi) is 49.5. The van der Waals surface area contributed by atoms with Gasteiger partial charge >= 0.3 is 23.9 Å². The van der Waals surface area contributed by atoms with E-state index in [4.69, 9.17) is 23.7 Å². The second-order valence-corrected chi connectivity index (χ2v) is 20.6. The van der Waals surface area contributed by atoms with Crippen LogP contribution in [0.15, 0.2) is 109 Å². The van der Waals surface area contributed by atoms with Crippen LogP contribution < -0.4 is 0 Å². The number of carboxylic acid groups (broad SMARTS) is 1. The minimum atomic E-state index is -1.92. The number of rotatable bonds is 51. The number of carbonyl (C=O) groups is 4. The first-order chi connectivity index (χ1) is 38.6. The Morgan fingerprint density at radius 2 is 0.823 bits per heavy atom. The van der Waals surface area contributed by atoms with Gasteiger partial charge < -0.3 is 39.0 Å². The second-order valence-electron chi connectivity index (χ2n) is 20.6. The van der Waals surface area contributed by atoms with Gasteiger partial charge in [-0.2, -0.15) is 0 Å². The minimum absolute atomic E-state index is 0.0321. The summed E-state index contributed by atoms with van der Waals surface area (Å²) in [7, 11) is 0. The Morgan fingerprint density at radius 1 is 0.430 bits per heavy atom. The Bertz CT molecular complexity index is 1790. The van der Waals surface area contributed by atoms with Gasteiger partial charge in [0.15, 0.2) is 24.6 Å². The first-order valence-electron chi connectivity index (χ1n) is 30.9. The molecule has 6 unspecified atom stereocenters. The molecule has 1 heterocycles. The highest BCUT2D eigenvalue weighted by atomic mass is 16.7. The van der Waals surface area contributed by atoms with Crippen molar-refractivity contribution in [1.82, 2.24) is 0 Å². The lowest BCUT2D eigenvalue weighted by Crippen LogP contribution is -2.61. The zero-order valence-electron chi connectivity index (χ0n) is 49.3. The van der Waals surface area contributed by atoms with Crippen molar-refractivity contribution in [3.63, 3.8) is 0 Å². The summed E-state index contributed by atoms with van der Waals surface area (Å²) in [6.07, 6.45) is 60.6. The molecule has 1 aliphatic heterocycles. The zero-order chi connectivity index (χ0) is 57.5. The van der Waals surface area contributed by atoms with Crippen LogP contribution in [0.4, 0.5) is 0 Å². The number of carbonyl (C=O) groups excluding carboxylic acids is 3. The van der Waals surface area contributed by atoms with E-state index in [1.807, 2.05) is 12.2 Å². The fourth-order valence-electron chi connectivity index (χ4n) is 8.59. The lowest BCUT2D eigenvalue weighted by atomic mass is 9.98. The second kappa shape index (κ2) is 54.0. The lowest BCUT2D eigenvalue weighted by molar-refractivity contribution is -0.301. The van der Waals surface area contributed by atoms with Crippen molar-refractivity contribution >= 4 is 23.9 Å². The summed E-state index contributed by atoms with van der Waals surface area (Å²) in [6.45, 7) is 5.75. The van der Waals surface area contributed by atoms with E-state index >= 15 is 0 Å². The lowest BCUT2D eigenvalue weighted by Gasteiger charge is -2.40. The molecule has 79 heavy (non-hydrogen) atoms. The summed E-state index contributed by atoms with van der Waals surface area (Å²) >= 11 is 0. The molecule has 0 aliphatic carbocycles. The quantitative estimate of drug-likeness (QED) is 0.0228. The zero-order valence-corrected chi connectivity index (χ0v) is 49.3. The summed E-state index contributed by atoms with van der Waals surface area (Å²) < 4.78 is 28.4. The fraction of sp³-hybridized carbons (Fsp3) is 0.672. The van der Waals surface area contributed by atoms with Gasteiger partial charge in [-0.15, -0.1) is 0 Å². The van der Waals surface area contributed by atoms with Crippen LogP contribution >= 0.6 is 0 Å². The molecule has 1 aliphatic rings. The van der Waals surface area contributed by atoms with E-state index in [0.29, 0.717) is 25.7 Å². The third-order valence-electron chi connectivity index (χ3n) is 13.3. The molecule has 0 amide bonds. The Morgan fingerprint density at radius 3 is 1.27 bits per heavy atom. The number of allylic oxidation sites excluding steroid dienone is 18. The molecule has 3 N–H and O–H groups in total. The number of aliphatic carboxylic acids is 1. The highest BCUT2D eigenvalue weighted by molar-refractivity contribution is 5.74. The Labute approximate surface area is 478 Å². The Hall–Kier alpha value is -4.62. The number of carboxylic acids is 1. The van der Waals surface area contributed by atoms with Gasteiger partial charge in [-0.3, -0.25) is 14.4 Å². The van der Waals surface area contributed by atoms with E-state index < -0.39 is 67.3 Å². The molecule has 12 nitrogen and oxygen atoms in total. The molecule has 1 rings (SSSR count). The van der Waals surface area contributed by atoms with E-state index in [9.17, 15) is 34.5 Å². The maximum absolute atomic E-state index is 13.1. The number of hydrogen-bond acceptors (Lipinski definition) is 11. The molecule has 448 valence electrons. The summed E-state index contributed by atoms with van der Waals surface area (Å²) in [6, 6.07) is 0. The van der Waals surface area contributed by atoms with Crippen molar-refractivity contribution in [3.8, 4) is 0 Å². The molecule has 0 aromatic carbocycles. The number of aliphatic hydroxyl groups is 2. The van der Waals surface area contributed by atoms with Crippen LogP contribution in [0.5, 0.6) is 0 Å². The van der Waals surface area contributed by atoms with Crippen molar-refractivity contribution < 1.29 is 58.2 Å². The number of unbranched alkanes of at least 4 members (excludes halogenated alkanes) is 19. The van der Waals surface area contributed by atoms with Gasteiger partial charge in [-0.05, 0) is 116 Å². The average molecular weight is 1110 g/mol. The van der Waals surface area contributed by atoms with Crippen molar-refractivity contribution in [2.45, 2.75) is 276 Å². The van der Waals surface area contributed by atoms with Gasteiger partial charge in [-0.25, -0.2) is 4.79 Å². The van der Waals surface area contributed by atoms with E-state index in [1.165, 1.54) is 57.8 Å². The summed E-state index contributed by atoms with van der Waals surface area (Å²) in [5.41, 5.74) is 0. The molecule has 1 saturated heterocycles. The van der Waals surface area contributed by atoms with Crippen molar-refractivity contribution in [2.24, 2.45) is 0 Å². The third-order valence-corrected chi connectivity index (χ3v) is 13.3.